The van der Waals surface area contributed by atoms with Crippen LogP contribution < -0.4 is 10.5 Å². The van der Waals surface area contributed by atoms with Crippen LogP contribution in [0.1, 0.15) is 32.1 Å². The van der Waals surface area contributed by atoms with Crippen LogP contribution in [0.2, 0.25) is 0 Å². The van der Waals surface area contributed by atoms with E-state index in [1.807, 2.05) is 47.5 Å². The highest BCUT2D eigenvalue weighted by Crippen LogP contribution is 2.33. The molecule has 41 heavy (non-hydrogen) atoms. The quantitative estimate of drug-likeness (QED) is 0.370. The van der Waals surface area contributed by atoms with Crippen molar-refractivity contribution in [1.29, 1.82) is 0 Å². The number of anilines is 1. The number of β-amino-alcohol motifs (C(OH)–C–C–N with tert-alkyl or cyclic N) is 1. The van der Waals surface area contributed by atoms with E-state index < -0.39 is 5.60 Å². The predicted molar refractivity (Wildman–Crippen MR) is 153 cm³/mol. The van der Waals surface area contributed by atoms with Crippen LogP contribution in [-0.2, 0) is 11.3 Å². The highest BCUT2D eigenvalue weighted by Gasteiger charge is 2.39. The number of fused-ring (bicyclic) bond motifs is 1. The number of carbonyl (C=O) groups is 1. The smallest absolute Gasteiger partial charge is 0.264 e. The van der Waals surface area contributed by atoms with Crippen molar-refractivity contribution >= 4 is 22.8 Å². The minimum Gasteiger partial charge on any atom is -0.391 e. The number of aliphatic hydroxyl groups is 2. The number of aromatic nitrogens is 5. The number of hydrogen-bond acceptors (Lipinski definition) is 8. The first-order valence-corrected chi connectivity index (χ1v) is 14.3. The molecule has 3 aromatic heterocycles. The van der Waals surface area contributed by atoms with E-state index in [4.69, 9.17) is 0 Å². The molecule has 2 saturated heterocycles. The van der Waals surface area contributed by atoms with Crippen molar-refractivity contribution in [3.8, 4) is 16.8 Å². The summed E-state index contributed by atoms with van der Waals surface area (Å²) >= 11 is 0. The van der Waals surface area contributed by atoms with Crippen molar-refractivity contribution in [1.82, 2.24) is 29.2 Å². The lowest BCUT2D eigenvalue weighted by atomic mass is 9.91. The maximum absolute atomic E-state index is 13.3. The van der Waals surface area contributed by atoms with Crippen LogP contribution >= 0.6 is 0 Å². The van der Waals surface area contributed by atoms with Crippen molar-refractivity contribution in [3.63, 3.8) is 0 Å². The SMILES string of the molecule is O=C(C1CC1)N1CCC(O)(Cn2cnc3c(cnn3-c3ccc(-c4ccc(N5CC[C@@H](O)C5)nc4)cc3)c2=O)CC1. The maximum atomic E-state index is 13.3. The standard InChI is InChI=1S/C30H33N7O4/c38-24-9-12-35(17-24)26-8-5-22(15-31-26)20-3-6-23(7-4-20)37-27-25(16-33-37)29(40)36(19-32-27)18-30(41)10-13-34(14-11-30)28(39)21-1-2-21/h3-8,15-16,19,21,24,38,41H,1-2,9-14,17-18H2/t24-/m1/s1. The molecule has 0 bridgehead atoms. The number of aliphatic hydroxyl groups excluding tert-OH is 1. The van der Waals surface area contributed by atoms with Gasteiger partial charge in [-0.05, 0) is 61.9 Å². The number of likely N-dealkylation sites (tertiary alicyclic amines) is 1. The van der Waals surface area contributed by atoms with Crippen molar-refractivity contribution in [3.05, 3.63) is 65.5 Å². The van der Waals surface area contributed by atoms with Gasteiger partial charge in [0.1, 0.15) is 17.5 Å². The molecule has 2 N–H and O–H groups in total. The van der Waals surface area contributed by atoms with Gasteiger partial charge in [0, 0.05) is 43.9 Å². The number of pyridine rings is 1. The summed E-state index contributed by atoms with van der Waals surface area (Å²) in [5, 5.41) is 25.8. The molecule has 3 fully saturated rings. The van der Waals surface area contributed by atoms with Crippen LogP contribution in [-0.4, -0.2) is 83.2 Å². The van der Waals surface area contributed by atoms with Crippen LogP contribution in [0.3, 0.4) is 0 Å². The van der Waals surface area contributed by atoms with Crippen LogP contribution in [0, 0.1) is 5.92 Å². The van der Waals surface area contributed by atoms with E-state index in [0.717, 1.165) is 48.4 Å². The van der Waals surface area contributed by atoms with Gasteiger partial charge in [-0.15, -0.1) is 0 Å². The molecule has 11 heteroatoms. The Kier molecular flexibility index (Phi) is 6.35. The summed E-state index contributed by atoms with van der Waals surface area (Å²) in [5.74, 6) is 1.23. The topological polar surface area (TPSA) is 130 Å². The summed E-state index contributed by atoms with van der Waals surface area (Å²) in [4.78, 5) is 38.7. The minimum absolute atomic E-state index is 0.130. The van der Waals surface area contributed by atoms with Gasteiger partial charge in [-0.3, -0.25) is 14.2 Å². The third-order valence-electron chi connectivity index (χ3n) is 8.63. The molecule has 7 rings (SSSR count). The van der Waals surface area contributed by atoms with Gasteiger partial charge in [0.2, 0.25) is 5.91 Å². The normalized spacial score (nSPS) is 20.6. The molecular formula is C30H33N7O4. The van der Waals surface area contributed by atoms with Crippen LogP contribution in [0.15, 0.2) is 59.9 Å². The number of nitrogens with zero attached hydrogens (tertiary/aromatic N) is 7. The first kappa shape index (κ1) is 25.8. The molecule has 0 radical (unpaired) electrons. The van der Waals surface area contributed by atoms with Crippen LogP contribution in [0.25, 0.3) is 27.8 Å². The highest BCUT2D eigenvalue weighted by molar-refractivity contribution is 5.81. The predicted octanol–water partition coefficient (Wildman–Crippen LogP) is 1.98. The lowest BCUT2D eigenvalue weighted by Gasteiger charge is -2.38. The molecule has 0 spiro atoms. The zero-order valence-corrected chi connectivity index (χ0v) is 22.8. The maximum Gasteiger partial charge on any atom is 0.264 e. The molecule has 1 amide bonds. The monoisotopic (exact) mass is 555 g/mol. The summed E-state index contributed by atoms with van der Waals surface area (Å²) in [7, 11) is 0. The summed E-state index contributed by atoms with van der Waals surface area (Å²) in [6, 6.07) is 11.8. The number of piperidine rings is 1. The number of amides is 1. The lowest BCUT2D eigenvalue weighted by molar-refractivity contribution is -0.137. The van der Waals surface area contributed by atoms with Gasteiger partial charge in [0.15, 0.2) is 5.65 Å². The molecule has 3 aliphatic rings. The molecule has 1 atom stereocenters. The zero-order chi connectivity index (χ0) is 28.1. The Balaban J connectivity index is 1.06. The van der Waals surface area contributed by atoms with Gasteiger partial charge in [0.05, 0.1) is 30.1 Å². The van der Waals surface area contributed by atoms with E-state index in [1.165, 1.54) is 17.1 Å². The Morgan fingerprint density at radius 3 is 2.37 bits per heavy atom. The number of carbonyl (C=O) groups excluding carboxylic acids is 1. The van der Waals surface area contributed by atoms with Crippen molar-refractivity contribution < 1.29 is 15.0 Å². The fourth-order valence-corrected chi connectivity index (χ4v) is 5.95. The molecule has 1 aliphatic carbocycles. The van der Waals surface area contributed by atoms with Gasteiger partial charge in [0.25, 0.3) is 5.56 Å². The Hall–Kier alpha value is -4.09. The minimum atomic E-state index is -1.06. The Bertz CT molecular complexity index is 1630. The zero-order valence-electron chi connectivity index (χ0n) is 22.8. The van der Waals surface area contributed by atoms with E-state index in [2.05, 4.69) is 20.0 Å². The second-order valence-electron chi connectivity index (χ2n) is 11.6. The molecule has 5 heterocycles. The molecule has 0 unspecified atom stereocenters. The Labute approximate surface area is 236 Å². The van der Waals surface area contributed by atoms with E-state index in [0.29, 0.717) is 43.5 Å². The molecule has 4 aromatic rings. The number of rotatable bonds is 6. The highest BCUT2D eigenvalue weighted by atomic mass is 16.3. The average molecular weight is 556 g/mol. The first-order valence-electron chi connectivity index (χ1n) is 14.3. The number of benzene rings is 1. The summed E-state index contributed by atoms with van der Waals surface area (Å²) in [5.41, 5.74) is 1.89. The third-order valence-corrected chi connectivity index (χ3v) is 8.63. The lowest BCUT2D eigenvalue weighted by Crippen LogP contribution is -2.50. The second-order valence-corrected chi connectivity index (χ2v) is 11.6. The summed E-state index contributed by atoms with van der Waals surface area (Å²) < 4.78 is 3.09. The van der Waals surface area contributed by atoms with E-state index in [-0.39, 0.29) is 30.0 Å². The van der Waals surface area contributed by atoms with E-state index in [9.17, 15) is 19.8 Å². The van der Waals surface area contributed by atoms with Gasteiger partial charge in [-0.1, -0.05) is 12.1 Å². The van der Waals surface area contributed by atoms with Gasteiger partial charge in [-0.2, -0.15) is 5.10 Å². The fourth-order valence-electron chi connectivity index (χ4n) is 5.95. The van der Waals surface area contributed by atoms with Crippen LogP contribution in [0.5, 0.6) is 0 Å². The van der Waals surface area contributed by atoms with Gasteiger partial charge >= 0.3 is 0 Å². The fraction of sp³-hybridized carbons (Fsp3) is 0.433. The first-order chi connectivity index (χ1) is 19.9. The molecular weight excluding hydrogens is 522 g/mol. The molecule has 212 valence electrons. The van der Waals surface area contributed by atoms with E-state index >= 15 is 0 Å². The largest absolute Gasteiger partial charge is 0.391 e. The van der Waals surface area contributed by atoms with Crippen molar-refractivity contribution in [2.45, 2.75) is 50.4 Å². The molecule has 1 saturated carbocycles. The van der Waals surface area contributed by atoms with Crippen LogP contribution in [0.4, 0.5) is 5.82 Å². The summed E-state index contributed by atoms with van der Waals surface area (Å²) in [6.07, 6.45) is 8.11. The summed E-state index contributed by atoms with van der Waals surface area (Å²) in [6.45, 7) is 2.56. The second kappa shape index (κ2) is 10.1. The molecule has 11 nitrogen and oxygen atoms in total. The third kappa shape index (κ3) is 5.00. The molecule has 1 aromatic carbocycles. The number of hydrogen-bond donors (Lipinski definition) is 2. The average Bonchev–Trinajstić information content (AvgIpc) is 3.61. The van der Waals surface area contributed by atoms with Gasteiger partial charge < -0.3 is 20.0 Å². The van der Waals surface area contributed by atoms with Crippen molar-refractivity contribution in [2.75, 3.05) is 31.1 Å². The Morgan fingerprint density at radius 1 is 0.951 bits per heavy atom. The van der Waals surface area contributed by atoms with Gasteiger partial charge in [-0.25, -0.2) is 14.6 Å². The molecule has 2 aliphatic heterocycles. The van der Waals surface area contributed by atoms with E-state index in [1.54, 1.807) is 4.68 Å². The Morgan fingerprint density at radius 2 is 1.71 bits per heavy atom. The van der Waals surface area contributed by atoms with Crippen molar-refractivity contribution in [2.24, 2.45) is 5.92 Å².